The Kier molecular flexibility index (Phi) is 26.9. The topological polar surface area (TPSA) is 352 Å². The van der Waals surface area contributed by atoms with E-state index in [1.54, 1.807) is 125 Å². The number of nitrogens with one attached hydrogen (secondary N) is 6. The van der Waals surface area contributed by atoms with Crippen molar-refractivity contribution in [3.8, 4) is 23.0 Å². The lowest BCUT2D eigenvalue weighted by Crippen LogP contribution is -2.53. The zero-order chi connectivity index (χ0) is 81.0. The molecule has 0 spiro atoms. The number of imide groups is 2. The van der Waals surface area contributed by atoms with Crippen molar-refractivity contribution in [2.75, 3.05) is 51.2 Å². The van der Waals surface area contributed by atoms with Gasteiger partial charge in [0.2, 0.25) is 59.1 Å². The molecule has 15 aliphatic heterocycles. The third-order valence-corrected chi connectivity index (χ3v) is 23.1. The Hall–Kier alpha value is -11.1. The molecule has 4 aromatic carbocycles. The summed E-state index contributed by atoms with van der Waals surface area (Å²) in [6.45, 7) is 11.2. The molecule has 20 rings (SSSR count). The van der Waals surface area contributed by atoms with Gasteiger partial charge in [-0.2, -0.15) is 0 Å². The minimum Gasteiger partial charge on any atom is -0.493 e. The summed E-state index contributed by atoms with van der Waals surface area (Å²) in [6, 6.07) is 16.3. The van der Waals surface area contributed by atoms with Crippen LogP contribution >= 0.6 is 0 Å². The first-order chi connectivity index (χ1) is 54.8. The molecule has 1 saturated carbocycles. The third kappa shape index (κ3) is 19.4. The monoisotopic (exact) mass is 1560 g/mol. The molecule has 0 aromatic heterocycles. The van der Waals surface area contributed by atoms with Crippen LogP contribution in [0.3, 0.4) is 0 Å². The van der Waals surface area contributed by atoms with Crippen LogP contribution in [0.2, 0.25) is 0 Å². The van der Waals surface area contributed by atoms with Crippen molar-refractivity contribution < 1.29 is 76.5 Å². The molecule has 4 aromatic rings. The molecule has 3 fully saturated rings. The number of carbonyl (C=O) groups excluding carboxylic acids is 12. The van der Waals surface area contributed by atoms with Crippen molar-refractivity contribution in [1.82, 2.24) is 40.9 Å². The number of ether oxygens (including phenoxy) is 4. The van der Waals surface area contributed by atoms with Crippen LogP contribution in [0.5, 0.6) is 23.0 Å². The van der Waals surface area contributed by atoms with Gasteiger partial charge in [-0.15, -0.1) is 0 Å². The van der Waals surface area contributed by atoms with E-state index in [2.05, 4.69) is 31.9 Å². The van der Waals surface area contributed by atoms with Gasteiger partial charge in [0.15, 0.2) is 23.0 Å². The van der Waals surface area contributed by atoms with Gasteiger partial charge >= 0.3 is 0 Å². The molecule has 2 saturated heterocycles. The average molecular weight is 1560 g/mol. The number of hydrogen-bond donors (Lipinski definition) is 6. The van der Waals surface area contributed by atoms with Crippen LogP contribution in [-0.4, -0.2) is 180 Å². The lowest BCUT2D eigenvalue weighted by Gasteiger charge is -2.24. The summed E-state index contributed by atoms with van der Waals surface area (Å²) in [7, 11) is 2.98. The molecule has 28 nitrogen and oxygen atoms in total. The molecule has 1 aliphatic carbocycles. The lowest BCUT2D eigenvalue weighted by atomic mass is 9.82. The van der Waals surface area contributed by atoms with Crippen molar-refractivity contribution in [3.63, 3.8) is 0 Å². The van der Waals surface area contributed by atoms with Crippen molar-refractivity contribution in [1.29, 1.82) is 0 Å². The Morgan fingerprint density at radius 1 is 0.447 bits per heavy atom. The summed E-state index contributed by atoms with van der Waals surface area (Å²) in [5.74, 6) is -4.01. The third-order valence-electron chi connectivity index (χ3n) is 23.1. The Bertz CT molecular complexity index is 4200. The molecule has 16 aliphatic rings. The van der Waals surface area contributed by atoms with Crippen LogP contribution in [0.25, 0.3) is 11.1 Å². The number of nitrogens with zero attached hydrogens (tertiary/aromatic N) is 6. The second kappa shape index (κ2) is 37.3. The fourth-order valence-electron chi connectivity index (χ4n) is 16.5. The van der Waals surface area contributed by atoms with Gasteiger partial charge in [0.05, 0.1) is 73.9 Å². The molecule has 0 radical (unpaired) electrons. The fourth-order valence-corrected chi connectivity index (χ4v) is 16.5. The van der Waals surface area contributed by atoms with E-state index in [1.807, 2.05) is 24.3 Å². The largest absolute Gasteiger partial charge is 0.493 e. The van der Waals surface area contributed by atoms with Crippen LogP contribution in [0.15, 0.2) is 95.2 Å². The van der Waals surface area contributed by atoms with Crippen LogP contribution in [0.1, 0.15) is 202 Å². The van der Waals surface area contributed by atoms with E-state index in [4.69, 9.17) is 28.9 Å². The maximum atomic E-state index is 14.3. The number of carbonyl (C=O) groups is 12. The summed E-state index contributed by atoms with van der Waals surface area (Å²) < 4.78 is 23.9. The van der Waals surface area contributed by atoms with Crippen LogP contribution in [0, 0.1) is 35.5 Å². The highest BCUT2D eigenvalue weighted by Crippen LogP contribution is 2.44. The van der Waals surface area contributed by atoms with E-state index in [9.17, 15) is 57.5 Å². The maximum Gasteiger partial charge on any atom is 0.260 e. The van der Waals surface area contributed by atoms with Crippen molar-refractivity contribution >= 4 is 117 Å². The van der Waals surface area contributed by atoms with Crippen LogP contribution in [-0.2, 0) is 47.9 Å². The zero-order valence-electron chi connectivity index (χ0n) is 66.4. The molecular weight excluding hydrogens is 1460 g/mol. The van der Waals surface area contributed by atoms with Gasteiger partial charge in [-0.3, -0.25) is 77.3 Å². The highest BCUT2D eigenvalue weighted by Gasteiger charge is 2.46. The number of aliphatic imine (C=N–C) groups is 2. The Morgan fingerprint density at radius 3 is 1.23 bits per heavy atom. The maximum absolute atomic E-state index is 14.3. The van der Waals surface area contributed by atoms with Gasteiger partial charge in [-0.1, -0.05) is 84.1 Å². The summed E-state index contributed by atoms with van der Waals surface area (Å²) in [5.41, 5.74) is 5.80. The molecular formula is C86H106N12O16. The van der Waals surface area contributed by atoms with Gasteiger partial charge in [-0.05, 0) is 148 Å². The van der Waals surface area contributed by atoms with Crippen molar-refractivity contribution in [2.24, 2.45) is 45.5 Å². The number of anilines is 2. The Labute approximate surface area is 664 Å². The number of hydrogen-bond acceptors (Lipinski definition) is 18. The summed E-state index contributed by atoms with van der Waals surface area (Å²) in [6.07, 6.45) is 17.4. The van der Waals surface area contributed by atoms with Gasteiger partial charge in [-0.25, -0.2) is 0 Å². The quantitative estimate of drug-likeness (QED) is 0.103. The predicted molar refractivity (Wildman–Crippen MR) is 428 cm³/mol. The minimum atomic E-state index is -0.972. The first kappa shape index (κ1) is 82.4. The highest BCUT2D eigenvalue weighted by atomic mass is 16.5. The van der Waals surface area contributed by atoms with E-state index in [1.165, 1.54) is 24.0 Å². The summed E-state index contributed by atoms with van der Waals surface area (Å²) in [5, 5.41) is 16.9. The number of methoxy groups -OCH3 is 2. The smallest absolute Gasteiger partial charge is 0.260 e. The molecule has 114 heavy (non-hydrogen) atoms. The van der Waals surface area contributed by atoms with Crippen molar-refractivity contribution in [3.05, 3.63) is 107 Å². The zero-order valence-corrected chi connectivity index (χ0v) is 66.4. The first-order valence-corrected chi connectivity index (χ1v) is 40.4. The van der Waals surface area contributed by atoms with E-state index >= 15 is 0 Å². The Morgan fingerprint density at radius 2 is 0.842 bits per heavy atom. The summed E-state index contributed by atoms with van der Waals surface area (Å²) in [4.78, 5) is 180. The fraction of sp³-hybridized carbons (Fsp3) is 0.512. The SMILES string of the molecule is COc1cc2c3cc1OCCCOc1cc4c(cc1OC)C(=O)N1C=C(C[C@H]1C=N4)c1ccc(cc1)NC(=O)[C@H](C)NC(=O)[C@H](C(C)C)NC(=O)CCCCCN1C(=O)CC(C1=O)C1CCCCC(CCC1)C1CC(=O)N(CCCCCC(=O)N[C@@H](C(C)C)C(=O)N[C@@H](C)C(=O)Nc4ccc(cc4)C4=CN(C2=O)[C@H](C=N3)C4)C1=O. The minimum absolute atomic E-state index is 0.00877. The second-order valence-electron chi connectivity index (χ2n) is 31.8. The molecule has 28 heteroatoms. The van der Waals surface area contributed by atoms with E-state index in [0.717, 1.165) is 67.2 Å². The Balaban J connectivity index is 0.677. The van der Waals surface area contributed by atoms with Gasteiger partial charge in [0, 0.05) is 106 Å². The van der Waals surface area contributed by atoms with E-state index in [-0.39, 0.29) is 123 Å². The number of rotatable bonds is 4. The molecule has 15 heterocycles. The molecule has 606 valence electrons. The number of fused-ring (bicyclic) bond motifs is 2. The first-order valence-electron chi connectivity index (χ1n) is 40.4. The molecule has 12 amide bonds. The standard InChI is InChI=1S/C86H106N12O16/c1-49(2)77-81(105)89-51(5)79(103)91-59-29-25-53(26-30-59)57-37-61-45-87-67-43-71(69(111-7)39-65(67)85(109)97(61)47-57)113-35-18-36-114-72-44-68-66(40-70(72)112-8)86(110)98-48-58(38-62(98)46-88-68)54-27-31-60(32-28-54)92-80(104)52(6)90-82(106)78(50(3)4)94-74(100)24-12-10-16-34-96-76(102)42-64(84(96)108)56-20-14-13-19-55(21-17-22-56)63-41-75(101)95(83(63)107)33-15-9-11-23-73(99)93-77/h25-32,39-40,43-52,55-56,61-64,77-78H,9-24,33-38,41-42H2,1-8H3,(H,89,105)(H,90,106)(H,91,103)(H,92,104)(H,93,99)(H,94,100)/t51-,52-,55?,56?,61-,62-,63?,64?,77-,78-/m0/s1. The summed E-state index contributed by atoms with van der Waals surface area (Å²) >= 11 is 0. The average Bonchev–Trinajstić information content (AvgIpc) is 1.62. The molecule has 22 bridgehead atoms. The van der Waals surface area contributed by atoms with Gasteiger partial charge < -0.3 is 60.6 Å². The van der Waals surface area contributed by atoms with Gasteiger partial charge in [0.25, 0.3) is 11.8 Å². The number of benzene rings is 4. The van der Waals surface area contributed by atoms with Crippen LogP contribution < -0.4 is 50.8 Å². The molecule has 10 atom stereocenters. The lowest BCUT2D eigenvalue weighted by molar-refractivity contribution is -0.141. The molecule has 6 N–H and O–H groups in total. The number of amides is 12. The van der Waals surface area contributed by atoms with E-state index < -0.39 is 71.7 Å². The van der Waals surface area contributed by atoms with Crippen molar-refractivity contribution in [2.45, 2.75) is 206 Å². The van der Waals surface area contributed by atoms with Crippen LogP contribution in [0.4, 0.5) is 22.7 Å². The van der Waals surface area contributed by atoms with E-state index in [0.29, 0.717) is 115 Å². The predicted octanol–water partition coefficient (Wildman–Crippen LogP) is 10.5. The second-order valence-corrected chi connectivity index (χ2v) is 31.8. The molecule has 4 unspecified atom stereocenters. The van der Waals surface area contributed by atoms with Gasteiger partial charge in [0.1, 0.15) is 24.2 Å². The highest BCUT2D eigenvalue weighted by molar-refractivity contribution is 6.08. The normalized spacial score (nSPS) is 25.9.